The molecule has 0 saturated carbocycles. The number of rotatable bonds is 3. The smallest absolute Gasteiger partial charge is 0.233 e. The predicted molar refractivity (Wildman–Crippen MR) is 105 cm³/mol. The molecule has 4 rings (SSSR count). The van der Waals surface area contributed by atoms with E-state index in [9.17, 15) is 10.1 Å². The van der Waals surface area contributed by atoms with Gasteiger partial charge in [0, 0.05) is 5.92 Å². The van der Waals surface area contributed by atoms with Crippen LogP contribution < -0.4 is 5.32 Å². The molecule has 1 N–H and O–H groups in total. The van der Waals surface area contributed by atoms with E-state index < -0.39 is 5.41 Å². The first-order valence-electron chi connectivity index (χ1n) is 8.66. The highest BCUT2D eigenvalue weighted by Gasteiger charge is 2.49. The van der Waals surface area contributed by atoms with Gasteiger partial charge in [-0.2, -0.15) is 10.5 Å². The average Bonchev–Trinajstić information content (AvgIpc) is 3.33. The van der Waals surface area contributed by atoms with Crippen LogP contribution in [0.5, 0.6) is 0 Å². The summed E-state index contributed by atoms with van der Waals surface area (Å²) in [5.41, 5.74) is 4.87. The summed E-state index contributed by atoms with van der Waals surface area (Å²) >= 11 is 1.27. The lowest BCUT2D eigenvalue weighted by Gasteiger charge is -2.31. The van der Waals surface area contributed by atoms with Gasteiger partial charge < -0.3 is 5.32 Å². The Morgan fingerprint density at radius 1 is 1.18 bits per heavy atom. The predicted octanol–water partition coefficient (Wildman–Crippen LogP) is 3.61. The number of benzene rings is 2. The molecule has 1 aliphatic carbocycles. The van der Waals surface area contributed by atoms with Crippen LogP contribution in [0.15, 0.2) is 48.0 Å². The molecule has 28 heavy (non-hydrogen) atoms. The molecule has 0 fully saturated rings. The molecule has 2 aromatic carbocycles. The van der Waals surface area contributed by atoms with Gasteiger partial charge in [-0.05, 0) is 54.3 Å². The minimum absolute atomic E-state index is 0.145. The number of hydrogen-bond donors (Lipinski definition) is 1. The fourth-order valence-corrected chi connectivity index (χ4v) is 4.35. The molecule has 1 aromatic heterocycles. The van der Waals surface area contributed by atoms with Gasteiger partial charge in [-0.1, -0.05) is 29.5 Å². The minimum atomic E-state index is -0.768. The number of nitrogens with one attached hydrogen (secondary N) is 1. The fraction of sp³-hybridized carbons (Fsp3) is 0.190. The Balaban J connectivity index is 1.81. The molecule has 2 atom stereocenters. The van der Waals surface area contributed by atoms with E-state index >= 15 is 0 Å². The summed E-state index contributed by atoms with van der Waals surface area (Å²) in [5.74, 6) is -0.384. The molecule has 0 bridgehead atoms. The first kappa shape index (κ1) is 17.8. The van der Waals surface area contributed by atoms with Crippen molar-refractivity contribution in [3.05, 3.63) is 75.8 Å². The average molecular weight is 385 g/mol. The number of aromatic nitrogens is 2. The summed E-state index contributed by atoms with van der Waals surface area (Å²) < 4.78 is 0. The molecule has 7 heteroatoms. The van der Waals surface area contributed by atoms with Crippen molar-refractivity contribution in [3.63, 3.8) is 0 Å². The summed E-state index contributed by atoms with van der Waals surface area (Å²) in [4.78, 5) is 13.3. The number of nitrogens with zero attached hydrogens (tertiary/aromatic N) is 4. The molecule has 1 amide bonds. The number of carbonyl (C=O) groups excluding carboxylic acids is 1. The zero-order valence-electron chi connectivity index (χ0n) is 15.0. The Kier molecular flexibility index (Phi) is 4.38. The van der Waals surface area contributed by atoms with E-state index in [1.54, 1.807) is 23.7 Å². The van der Waals surface area contributed by atoms with Crippen molar-refractivity contribution in [2.45, 2.75) is 19.3 Å². The molecular weight excluding hydrogens is 370 g/mol. The van der Waals surface area contributed by atoms with E-state index in [0.717, 1.165) is 16.7 Å². The summed E-state index contributed by atoms with van der Waals surface area (Å²) in [7, 11) is 0. The molecule has 0 aliphatic heterocycles. The van der Waals surface area contributed by atoms with Crippen LogP contribution in [0.2, 0.25) is 0 Å². The van der Waals surface area contributed by atoms with E-state index in [-0.39, 0.29) is 11.8 Å². The first-order valence-corrected chi connectivity index (χ1v) is 9.54. The zero-order chi connectivity index (χ0) is 19.7. The second-order valence-electron chi connectivity index (χ2n) is 6.98. The Hall–Kier alpha value is -3.55. The maximum Gasteiger partial charge on any atom is 0.233 e. The molecule has 0 saturated heterocycles. The second-order valence-corrected chi connectivity index (χ2v) is 7.82. The van der Waals surface area contributed by atoms with Crippen molar-refractivity contribution in [3.8, 4) is 12.1 Å². The summed E-state index contributed by atoms with van der Waals surface area (Å²) in [6.07, 6.45) is 0.545. The maximum absolute atomic E-state index is 13.3. The standard InChI is InChI=1S/C21H15N5OS/c1-21(19(27)25-20-26-24-12-28-20)9-16-7-4-14(11-23)8-17(16)18(21)15-5-2-13(10-22)3-6-15/h2-8,12,18H,9H2,1H3,(H,25,26,27). The van der Waals surface area contributed by atoms with Crippen LogP contribution in [0.3, 0.4) is 0 Å². The Labute approximate surface area is 166 Å². The van der Waals surface area contributed by atoms with Gasteiger partial charge >= 0.3 is 0 Å². The molecule has 1 aliphatic rings. The van der Waals surface area contributed by atoms with E-state index in [1.165, 1.54) is 11.3 Å². The topological polar surface area (TPSA) is 102 Å². The molecule has 6 nitrogen and oxygen atoms in total. The Bertz CT molecular complexity index is 1130. The molecule has 3 aromatic rings. The van der Waals surface area contributed by atoms with Crippen molar-refractivity contribution in [1.82, 2.24) is 10.2 Å². The van der Waals surface area contributed by atoms with Crippen LogP contribution in [0.4, 0.5) is 5.13 Å². The molecule has 1 heterocycles. The zero-order valence-corrected chi connectivity index (χ0v) is 15.8. The van der Waals surface area contributed by atoms with Crippen LogP contribution >= 0.6 is 11.3 Å². The number of amides is 1. The SMILES string of the molecule is CC1(C(=O)Nc2nncs2)Cc2ccc(C#N)cc2C1c1ccc(C#N)cc1. The van der Waals surface area contributed by atoms with E-state index in [2.05, 4.69) is 27.7 Å². The number of hydrogen-bond acceptors (Lipinski definition) is 6. The third-order valence-electron chi connectivity index (χ3n) is 5.25. The Morgan fingerprint density at radius 3 is 2.54 bits per heavy atom. The third kappa shape index (κ3) is 2.92. The van der Waals surface area contributed by atoms with E-state index in [0.29, 0.717) is 22.7 Å². The molecule has 136 valence electrons. The van der Waals surface area contributed by atoms with Gasteiger partial charge in [0.05, 0.1) is 28.7 Å². The maximum atomic E-state index is 13.3. The van der Waals surface area contributed by atoms with Gasteiger partial charge in [0.2, 0.25) is 11.0 Å². The molecule has 0 radical (unpaired) electrons. The van der Waals surface area contributed by atoms with E-state index in [4.69, 9.17) is 5.26 Å². The largest absolute Gasteiger partial charge is 0.300 e. The van der Waals surface area contributed by atoms with Crippen molar-refractivity contribution >= 4 is 22.4 Å². The van der Waals surface area contributed by atoms with Crippen LogP contribution in [0.1, 0.15) is 40.7 Å². The van der Waals surface area contributed by atoms with Crippen molar-refractivity contribution in [2.24, 2.45) is 5.41 Å². The quantitative estimate of drug-likeness (QED) is 0.742. The van der Waals surface area contributed by atoms with Crippen molar-refractivity contribution in [2.75, 3.05) is 5.32 Å². The van der Waals surface area contributed by atoms with Crippen LogP contribution in [-0.4, -0.2) is 16.1 Å². The fourth-order valence-electron chi connectivity index (χ4n) is 3.91. The monoisotopic (exact) mass is 385 g/mol. The lowest BCUT2D eigenvalue weighted by Crippen LogP contribution is -2.37. The van der Waals surface area contributed by atoms with E-state index in [1.807, 2.05) is 31.2 Å². The molecule has 0 spiro atoms. The van der Waals surface area contributed by atoms with Gasteiger partial charge in [-0.3, -0.25) is 4.79 Å². The second kappa shape index (κ2) is 6.88. The van der Waals surface area contributed by atoms with Crippen LogP contribution in [-0.2, 0) is 11.2 Å². The highest BCUT2D eigenvalue weighted by atomic mass is 32.1. The molecule has 2 unspecified atom stereocenters. The van der Waals surface area contributed by atoms with Gasteiger partial charge in [-0.25, -0.2) is 0 Å². The number of fused-ring (bicyclic) bond motifs is 1. The van der Waals surface area contributed by atoms with Gasteiger partial charge in [0.1, 0.15) is 5.51 Å². The third-order valence-corrected chi connectivity index (χ3v) is 5.86. The Morgan fingerprint density at radius 2 is 1.89 bits per heavy atom. The number of nitriles is 2. The molecular formula is C21H15N5OS. The van der Waals surface area contributed by atoms with Gasteiger partial charge in [-0.15, -0.1) is 10.2 Å². The van der Waals surface area contributed by atoms with Crippen LogP contribution in [0, 0.1) is 28.1 Å². The first-order chi connectivity index (χ1) is 13.5. The number of carbonyl (C=O) groups is 1. The minimum Gasteiger partial charge on any atom is -0.300 e. The normalized spacial score (nSPS) is 20.0. The summed E-state index contributed by atoms with van der Waals surface area (Å²) in [5, 5.41) is 29.4. The van der Waals surface area contributed by atoms with Crippen molar-refractivity contribution in [1.29, 1.82) is 10.5 Å². The van der Waals surface area contributed by atoms with Gasteiger partial charge in [0.15, 0.2) is 0 Å². The summed E-state index contributed by atoms with van der Waals surface area (Å²) in [6.45, 7) is 1.93. The van der Waals surface area contributed by atoms with Crippen molar-refractivity contribution < 1.29 is 4.79 Å². The van der Waals surface area contributed by atoms with Crippen LogP contribution in [0.25, 0.3) is 0 Å². The number of anilines is 1. The highest BCUT2D eigenvalue weighted by Crippen LogP contribution is 2.51. The van der Waals surface area contributed by atoms with Gasteiger partial charge in [0.25, 0.3) is 0 Å². The lowest BCUT2D eigenvalue weighted by atomic mass is 9.73. The highest BCUT2D eigenvalue weighted by molar-refractivity contribution is 7.13. The summed E-state index contributed by atoms with van der Waals surface area (Å²) in [6, 6.07) is 17.1. The lowest BCUT2D eigenvalue weighted by molar-refractivity contribution is -0.125.